The topological polar surface area (TPSA) is 90.9 Å². The molecule has 0 aliphatic carbocycles. The van der Waals surface area contributed by atoms with Crippen molar-refractivity contribution in [3.8, 4) is 0 Å². The summed E-state index contributed by atoms with van der Waals surface area (Å²) in [5.74, 6) is -1.87. The molecule has 9 heteroatoms. The number of thioether (sulfide) groups is 1. The van der Waals surface area contributed by atoms with Gasteiger partial charge in [0.25, 0.3) is 11.8 Å². The summed E-state index contributed by atoms with van der Waals surface area (Å²) in [4.78, 5) is 43.2. The smallest absolute Gasteiger partial charge is 0.272 e. The van der Waals surface area contributed by atoms with Crippen molar-refractivity contribution in [3.05, 3.63) is 108 Å². The molecule has 1 aliphatic heterocycles. The van der Waals surface area contributed by atoms with Crippen molar-refractivity contribution < 1.29 is 18.8 Å². The van der Waals surface area contributed by atoms with Gasteiger partial charge in [-0.25, -0.2) is 9.38 Å². The minimum atomic E-state index is -0.482. The fraction of sp³-hybridized carbons (Fsp3) is 0.0400. The molecule has 0 unspecified atom stereocenters. The Balaban J connectivity index is 1.47. The van der Waals surface area contributed by atoms with Crippen molar-refractivity contribution in [3.63, 3.8) is 0 Å². The van der Waals surface area contributed by atoms with E-state index in [9.17, 15) is 18.8 Å². The lowest BCUT2D eigenvalue weighted by Crippen LogP contribution is -2.43. The summed E-state index contributed by atoms with van der Waals surface area (Å²) in [6, 6.07) is 23.1. The summed E-state index contributed by atoms with van der Waals surface area (Å²) in [5, 5.41) is 0.267. The number of anilines is 1. The van der Waals surface area contributed by atoms with Crippen molar-refractivity contribution in [1.29, 1.82) is 0 Å². The molecule has 0 radical (unpaired) electrons. The van der Waals surface area contributed by atoms with E-state index in [1.807, 2.05) is 30.3 Å². The molecule has 3 amide bonds. The van der Waals surface area contributed by atoms with Crippen LogP contribution in [0.3, 0.4) is 0 Å². The lowest BCUT2D eigenvalue weighted by atomic mass is 10.2. The highest BCUT2D eigenvalue weighted by Gasteiger charge is 2.32. The summed E-state index contributed by atoms with van der Waals surface area (Å²) in [7, 11) is 0. The maximum absolute atomic E-state index is 13.4. The molecule has 3 aromatic carbocycles. The lowest BCUT2D eigenvalue weighted by Gasteiger charge is -2.17. The van der Waals surface area contributed by atoms with Crippen LogP contribution in [0.1, 0.15) is 15.9 Å². The molecule has 0 aromatic heterocycles. The van der Waals surface area contributed by atoms with Crippen molar-refractivity contribution in [2.45, 2.75) is 0 Å². The first-order chi connectivity index (χ1) is 16.5. The number of hydrazine groups is 1. The van der Waals surface area contributed by atoms with E-state index in [1.54, 1.807) is 36.4 Å². The van der Waals surface area contributed by atoms with E-state index in [0.29, 0.717) is 11.3 Å². The molecule has 0 saturated heterocycles. The number of carbonyl (C=O) groups excluding carboxylic acids is 3. The van der Waals surface area contributed by atoms with Crippen LogP contribution in [0.5, 0.6) is 0 Å². The van der Waals surface area contributed by atoms with Gasteiger partial charge in [0.2, 0.25) is 5.91 Å². The number of nitrogens with one attached hydrogen (secondary N) is 2. The fourth-order valence-corrected chi connectivity index (χ4v) is 3.89. The third-order valence-electron chi connectivity index (χ3n) is 4.70. The second-order valence-corrected chi connectivity index (χ2v) is 8.05. The molecule has 4 rings (SSSR count). The average Bonchev–Trinajstić information content (AvgIpc) is 3.17. The standard InChI is InChI=1S/C25H19FN4O3S/c26-19-11-13-20(14-12-19)30-24(33)21(15-17-7-3-1-4-8-17)27-25(30)34-16-22(31)28-29-23(32)18-9-5-2-6-10-18/h1-15H,16H2,(H,28,31)(H,29,32)/b21-15-. The van der Waals surface area contributed by atoms with E-state index >= 15 is 0 Å². The first-order valence-corrected chi connectivity index (χ1v) is 11.2. The minimum absolute atomic E-state index is 0.114. The molecule has 2 N–H and O–H groups in total. The van der Waals surface area contributed by atoms with Gasteiger partial charge in [0, 0.05) is 5.56 Å². The number of nitrogens with zero attached hydrogens (tertiary/aromatic N) is 2. The van der Waals surface area contributed by atoms with Crippen LogP contribution in [0.4, 0.5) is 10.1 Å². The number of amides is 3. The molecule has 7 nitrogen and oxygen atoms in total. The maximum Gasteiger partial charge on any atom is 0.283 e. The second kappa shape index (κ2) is 10.6. The Bertz CT molecular complexity index is 1260. The fourth-order valence-electron chi connectivity index (χ4n) is 3.07. The van der Waals surface area contributed by atoms with Crippen LogP contribution in [0, 0.1) is 5.82 Å². The summed E-state index contributed by atoms with van der Waals surface area (Å²) in [6.45, 7) is 0. The zero-order chi connectivity index (χ0) is 23.9. The summed E-state index contributed by atoms with van der Waals surface area (Å²) < 4.78 is 13.4. The third kappa shape index (κ3) is 5.57. The Labute approximate surface area is 199 Å². The Morgan fingerprint density at radius 2 is 1.56 bits per heavy atom. The number of amidine groups is 1. The van der Waals surface area contributed by atoms with Crippen LogP contribution in [0.25, 0.3) is 6.08 Å². The van der Waals surface area contributed by atoms with Gasteiger partial charge in [-0.2, -0.15) is 0 Å². The molecular formula is C25H19FN4O3S. The van der Waals surface area contributed by atoms with E-state index in [-0.39, 0.29) is 16.6 Å². The SMILES string of the molecule is O=C(CSC1=N/C(=C\c2ccccc2)C(=O)N1c1ccc(F)cc1)NNC(=O)c1ccccc1. The summed E-state index contributed by atoms with van der Waals surface area (Å²) in [5.41, 5.74) is 6.50. The van der Waals surface area contributed by atoms with E-state index in [4.69, 9.17) is 0 Å². The van der Waals surface area contributed by atoms with Gasteiger partial charge in [-0.1, -0.05) is 60.3 Å². The Kier molecular flexibility index (Phi) is 7.14. The van der Waals surface area contributed by atoms with Crippen LogP contribution < -0.4 is 15.8 Å². The molecule has 170 valence electrons. The molecular weight excluding hydrogens is 455 g/mol. The Morgan fingerprint density at radius 1 is 0.912 bits per heavy atom. The monoisotopic (exact) mass is 474 g/mol. The molecule has 0 bridgehead atoms. The highest BCUT2D eigenvalue weighted by molar-refractivity contribution is 8.14. The number of carbonyl (C=O) groups is 3. The van der Waals surface area contributed by atoms with Crippen LogP contribution in [-0.2, 0) is 9.59 Å². The number of hydrogen-bond acceptors (Lipinski definition) is 5. The lowest BCUT2D eigenvalue weighted by molar-refractivity contribution is -0.119. The number of hydrogen-bond donors (Lipinski definition) is 2. The Morgan fingerprint density at radius 3 is 2.24 bits per heavy atom. The molecule has 34 heavy (non-hydrogen) atoms. The average molecular weight is 475 g/mol. The molecule has 1 aliphatic rings. The molecule has 0 fully saturated rings. The van der Waals surface area contributed by atoms with E-state index in [0.717, 1.165) is 17.3 Å². The zero-order valence-corrected chi connectivity index (χ0v) is 18.6. The highest BCUT2D eigenvalue weighted by atomic mass is 32.2. The quantitative estimate of drug-likeness (QED) is 0.435. The third-order valence-corrected chi connectivity index (χ3v) is 5.64. The molecule has 0 spiro atoms. The molecule has 3 aromatic rings. The number of rotatable bonds is 5. The number of benzene rings is 3. The minimum Gasteiger partial charge on any atom is -0.272 e. The summed E-state index contributed by atoms with van der Waals surface area (Å²) >= 11 is 1.02. The maximum atomic E-state index is 13.4. The van der Waals surface area contributed by atoms with Crippen molar-refractivity contribution in [2.24, 2.45) is 4.99 Å². The molecule has 0 saturated carbocycles. The van der Waals surface area contributed by atoms with Crippen LogP contribution in [0.2, 0.25) is 0 Å². The van der Waals surface area contributed by atoms with Crippen LogP contribution in [0.15, 0.2) is 95.6 Å². The zero-order valence-electron chi connectivity index (χ0n) is 17.8. The van der Waals surface area contributed by atoms with Gasteiger partial charge in [-0.3, -0.25) is 30.1 Å². The van der Waals surface area contributed by atoms with Crippen LogP contribution in [-0.4, -0.2) is 28.6 Å². The molecule has 0 atom stereocenters. The van der Waals surface area contributed by atoms with Gasteiger partial charge >= 0.3 is 0 Å². The predicted molar refractivity (Wildman–Crippen MR) is 130 cm³/mol. The van der Waals surface area contributed by atoms with Crippen molar-refractivity contribution in [2.75, 3.05) is 10.7 Å². The largest absolute Gasteiger partial charge is 0.283 e. The predicted octanol–water partition coefficient (Wildman–Crippen LogP) is 3.76. The van der Waals surface area contributed by atoms with Gasteiger partial charge < -0.3 is 0 Å². The first-order valence-electron chi connectivity index (χ1n) is 10.2. The number of halogens is 1. The van der Waals surface area contributed by atoms with Gasteiger partial charge in [-0.15, -0.1) is 0 Å². The van der Waals surface area contributed by atoms with Gasteiger partial charge in [-0.05, 0) is 48.0 Å². The second-order valence-electron chi connectivity index (χ2n) is 7.11. The normalized spacial score (nSPS) is 14.1. The molecule has 1 heterocycles. The van der Waals surface area contributed by atoms with E-state index in [2.05, 4.69) is 15.8 Å². The summed E-state index contributed by atoms with van der Waals surface area (Å²) in [6.07, 6.45) is 1.65. The Hall–Kier alpha value is -4.24. The van der Waals surface area contributed by atoms with Crippen LogP contribution >= 0.6 is 11.8 Å². The van der Waals surface area contributed by atoms with Crippen molar-refractivity contribution >= 4 is 46.4 Å². The van der Waals surface area contributed by atoms with E-state index in [1.165, 1.54) is 29.2 Å². The highest BCUT2D eigenvalue weighted by Crippen LogP contribution is 2.29. The van der Waals surface area contributed by atoms with Gasteiger partial charge in [0.15, 0.2) is 5.17 Å². The number of aliphatic imine (C=N–C) groups is 1. The first kappa shape index (κ1) is 22.9. The van der Waals surface area contributed by atoms with Gasteiger partial charge in [0.05, 0.1) is 11.4 Å². The van der Waals surface area contributed by atoms with Crippen molar-refractivity contribution in [1.82, 2.24) is 10.9 Å². The van der Waals surface area contributed by atoms with Gasteiger partial charge in [0.1, 0.15) is 11.5 Å². The van der Waals surface area contributed by atoms with E-state index < -0.39 is 23.5 Å².